The van der Waals surface area contributed by atoms with Crippen molar-refractivity contribution in [2.75, 3.05) is 26.2 Å². The summed E-state index contributed by atoms with van der Waals surface area (Å²) in [6.07, 6.45) is 2.07. The monoisotopic (exact) mass is 427 g/mol. The third kappa shape index (κ3) is 4.63. The standard InChI is InChI=1S/C22H29N5O4/c1-15(16-5-7-17(8-6-16)27-11-3-9-23-27)24-21(30)19(28)20(29)22(31)26-13-12-25-10-2-4-18(25)14-26/h3,5-9,11,15,18-20,28-29H,2,4,10,12-14H2,1H3,(H,24,30)/t15-,18?,19-,20-/m1/s1. The molecule has 2 aromatic rings. The summed E-state index contributed by atoms with van der Waals surface area (Å²) in [6.45, 7) is 4.61. The molecule has 3 heterocycles. The highest BCUT2D eigenvalue weighted by Gasteiger charge is 2.38. The molecule has 2 aliphatic heterocycles. The highest BCUT2D eigenvalue weighted by atomic mass is 16.3. The molecule has 1 aromatic carbocycles. The van der Waals surface area contributed by atoms with Gasteiger partial charge in [0.2, 0.25) is 0 Å². The zero-order valence-electron chi connectivity index (χ0n) is 17.6. The number of hydrogen-bond acceptors (Lipinski definition) is 6. The van der Waals surface area contributed by atoms with E-state index in [-0.39, 0.29) is 0 Å². The molecule has 0 bridgehead atoms. The summed E-state index contributed by atoms with van der Waals surface area (Å²) >= 11 is 0. The molecule has 1 unspecified atom stereocenters. The number of nitrogens with zero attached hydrogens (tertiary/aromatic N) is 4. The van der Waals surface area contributed by atoms with E-state index in [9.17, 15) is 19.8 Å². The average Bonchev–Trinajstić information content (AvgIpc) is 3.49. The van der Waals surface area contributed by atoms with Crippen LogP contribution in [0.2, 0.25) is 0 Å². The Labute approximate surface area is 181 Å². The number of nitrogens with one attached hydrogen (secondary N) is 1. The molecule has 9 heteroatoms. The summed E-state index contributed by atoms with van der Waals surface area (Å²) < 4.78 is 1.73. The molecular weight excluding hydrogens is 398 g/mol. The topological polar surface area (TPSA) is 111 Å². The first-order chi connectivity index (χ1) is 14.9. The van der Waals surface area contributed by atoms with Crippen molar-refractivity contribution in [1.29, 1.82) is 0 Å². The van der Waals surface area contributed by atoms with E-state index in [4.69, 9.17) is 0 Å². The van der Waals surface area contributed by atoms with Gasteiger partial charge in [0.05, 0.1) is 11.7 Å². The van der Waals surface area contributed by atoms with Crippen molar-refractivity contribution in [3.8, 4) is 5.69 Å². The van der Waals surface area contributed by atoms with Crippen molar-refractivity contribution < 1.29 is 19.8 Å². The summed E-state index contributed by atoms with van der Waals surface area (Å²) in [5, 5.41) is 27.5. The molecule has 9 nitrogen and oxygen atoms in total. The maximum atomic E-state index is 12.6. The summed E-state index contributed by atoms with van der Waals surface area (Å²) in [5.74, 6) is -1.37. The number of benzene rings is 1. The number of aromatic nitrogens is 2. The van der Waals surface area contributed by atoms with Gasteiger partial charge in [0, 0.05) is 38.1 Å². The van der Waals surface area contributed by atoms with Gasteiger partial charge in [0.15, 0.2) is 12.2 Å². The molecule has 2 amide bonds. The van der Waals surface area contributed by atoms with Gasteiger partial charge in [-0.15, -0.1) is 0 Å². The van der Waals surface area contributed by atoms with Gasteiger partial charge in [-0.05, 0) is 50.1 Å². The molecule has 2 aliphatic rings. The number of carbonyl (C=O) groups excluding carboxylic acids is 2. The first-order valence-electron chi connectivity index (χ1n) is 10.7. The Morgan fingerprint density at radius 3 is 2.61 bits per heavy atom. The van der Waals surface area contributed by atoms with E-state index in [1.54, 1.807) is 22.7 Å². The third-order valence-electron chi connectivity index (χ3n) is 6.24. The lowest BCUT2D eigenvalue weighted by molar-refractivity contribution is -0.155. The highest BCUT2D eigenvalue weighted by Crippen LogP contribution is 2.22. The zero-order valence-corrected chi connectivity index (χ0v) is 17.6. The summed E-state index contributed by atoms with van der Waals surface area (Å²) in [6, 6.07) is 9.20. The number of piperazine rings is 1. The second-order valence-electron chi connectivity index (χ2n) is 8.28. The molecule has 4 atom stereocenters. The Hall–Kier alpha value is -2.75. The molecule has 0 radical (unpaired) electrons. The van der Waals surface area contributed by atoms with Crippen LogP contribution in [0, 0.1) is 0 Å². The van der Waals surface area contributed by atoms with Crippen LogP contribution in [0.5, 0.6) is 0 Å². The molecular formula is C22H29N5O4. The molecule has 0 saturated carbocycles. The van der Waals surface area contributed by atoms with Crippen LogP contribution in [0.15, 0.2) is 42.7 Å². The quantitative estimate of drug-likeness (QED) is 0.602. The van der Waals surface area contributed by atoms with Crippen LogP contribution in [0.3, 0.4) is 0 Å². The zero-order chi connectivity index (χ0) is 22.0. The van der Waals surface area contributed by atoms with Gasteiger partial charge in [0.1, 0.15) is 0 Å². The second kappa shape index (κ2) is 9.17. The largest absolute Gasteiger partial charge is 0.380 e. The average molecular weight is 428 g/mol. The first-order valence-corrected chi connectivity index (χ1v) is 10.7. The van der Waals surface area contributed by atoms with Crippen LogP contribution >= 0.6 is 0 Å². The fourth-order valence-corrected chi connectivity index (χ4v) is 4.38. The van der Waals surface area contributed by atoms with Crippen LogP contribution < -0.4 is 5.32 Å². The Balaban J connectivity index is 1.32. The number of carbonyl (C=O) groups is 2. The lowest BCUT2D eigenvalue weighted by atomic mass is 10.1. The minimum absolute atomic E-state index is 0.306. The minimum Gasteiger partial charge on any atom is -0.380 e. The van der Waals surface area contributed by atoms with Crippen molar-refractivity contribution in [3.05, 3.63) is 48.3 Å². The second-order valence-corrected chi connectivity index (χ2v) is 8.28. The number of aliphatic hydroxyl groups is 2. The Morgan fingerprint density at radius 1 is 1.13 bits per heavy atom. The summed E-state index contributed by atoms with van der Waals surface area (Å²) in [5.41, 5.74) is 1.71. The van der Waals surface area contributed by atoms with E-state index >= 15 is 0 Å². The van der Waals surface area contributed by atoms with Gasteiger partial charge in [-0.25, -0.2) is 4.68 Å². The number of aliphatic hydroxyl groups excluding tert-OH is 2. The molecule has 4 rings (SSSR count). The van der Waals surface area contributed by atoms with Crippen LogP contribution in [0.25, 0.3) is 5.69 Å². The molecule has 31 heavy (non-hydrogen) atoms. The molecule has 3 N–H and O–H groups in total. The van der Waals surface area contributed by atoms with Crippen molar-refractivity contribution in [2.45, 2.75) is 44.1 Å². The molecule has 2 saturated heterocycles. The predicted molar refractivity (Wildman–Crippen MR) is 113 cm³/mol. The van der Waals surface area contributed by atoms with E-state index in [1.165, 1.54) is 0 Å². The van der Waals surface area contributed by atoms with Crippen molar-refractivity contribution in [1.82, 2.24) is 24.9 Å². The van der Waals surface area contributed by atoms with Crippen LogP contribution in [0.1, 0.15) is 31.4 Å². The Morgan fingerprint density at radius 2 is 1.90 bits per heavy atom. The molecule has 166 valence electrons. The van der Waals surface area contributed by atoms with Crippen molar-refractivity contribution >= 4 is 11.8 Å². The lowest BCUT2D eigenvalue weighted by Crippen LogP contribution is -2.57. The van der Waals surface area contributed by atoms with Crippen LogP contribution in [-0.2, 0) is 9.59 Å². The number of rotatable bonds is 6. The maximum Gasteiger partial charge on any atom is 0.254 e. The van der Waals surface area contributed by atoms with E-state index in [1.807, 2.05) is 36.5 Å². The lowest BCUT2D eigenvalue weighted by Gasteiger charge is -2.38. The minimum atomic E-state index is -1.82. The molecule has 1 aromatic heterocycles. The summed E-state index contributed by atoms with van der Waals surface area (Å²) in [7, 11) is 0. The number of fused-ring (bicyclic) bond motifs is 1. The van der Waals surface area contributed by atoms with Gasteiger partial charge < -0.3 is 20.4 Å². The van der Waals surface area contributed by atoms with Gasteiger partial charge in [-0.3, -0.25) is 14.5 Å². The highest BCUT2D eigenvalue weighted by molar-refractivity contribution is 5.91. The van der Waals surface area contributed by atoms with E-state index < -0.39 is 30.1 Å². The Bertz CT molecular complexity index is 901. The Kier molecular flexibility index (Phi) is 6.35. The van der Waals surface area contributed by atoms with E-state index in [0.29, 0.717) is 19.1 Å². The molecule has 0 aliphatic carbocycles. The van der Waals surface area contributed by atoms with Crippen molar-refractivity contribution in [3.63, 3.8) is 0 Å². The smallest absolute Gasteiger partial charge is 0.254 e. The van der Waals surface area contributed by atoms with Gasteiger partial charge in [-0.2, -0.15) is 5.10 Å². The number of amides is 2. The van der Waals surface area contributed by atoms with Crippen LogP contribution in [-0.4, -0.2) is 86.0 Å². The number of hydrogen-bond donors (Lipinski definition) is 3. The molecule has 0 spiro atoms. The fraction of sp³-hybridized carbons (Fsp3) is 0.500. The van der Waals surface area contributed by atoms with Crippen molar-refractivity contribution in [2.24, 2.45) is 0 Å². The van der Waals surface area contributed by atoms with E-state index in [0.717, 1.165) is 37.2 Å². The van der Waals surface area contributed by atoms with Gasteiger partial charge in [-0.1, -0.05) is 12.1 Å². The van der Waals surface area contributed by atoms with Crippen LogP contribution in [0.4, 0.5) is 0 Å². The first kappa shape index (κ1) is 21.5. The van der Waals surface area contributed by atoms with E-state index in [2.05, 4.69) is 15.3 Å². The fourth-order valence-electron chi connectivity index (χ4n) is 4.38. The van der Waals surface area contributed by atoms with Gasteiger partial charge in [0.25, 0.3) is 11.8 Å². The predicted octanol–water partition coefficient (Wildman–Crippen LogP) is 0.0779. The third-order valence-corrected chi connectivity index (χ3v) is 6.24. The summed E-state index contributed by atoms with van der Waals surface area (Å²) in [4.78, 5) is 29.0. The normalized spacial score (nSPS) is 21.9. The SMILES string of the molecule is C[C@@H](NC(=O)[C@H](O)[C@@H](O)C(=O)N1CCN2CCCC2C1)c1ccc(-n2cccn2)cc1. The van der Waals surface area contributed by atoms with Gasteiger partial charge >= 0.3 is 0 Å². The maximum absolute atomic E-state index is 12.6. The molecule has 2 fully saturated rings.